The largest absolute Gasteiger partial charge is 0.381 e. The normalized spacial score (nSPS) is 31.4. The molecule has 2 atom stereocenters. The van der Waals surface area contributed by atoms with E-state index in [0.717, 1.165) is 46.1 Å². The van der Waals surface area contributed by atoms with E-state index in [1.165, 1.54) is 19.3 Å². The first kappa shape index (κ1) is 16.2. The van der Waals surface area contributed by atoms with Gasteiger partial charge in [0.15, 0.2) is 0 Å². The fourth-order valence-corrected chi connectivity index (χ4v) is 3.38. The molecule has 0 amide bonds. The first-order chi connectivity index (χ1) is 9.61. The van der Waals surface area contributed by atoms with Crippen LogP contribution in [0.3, 0.4) is 0 Å². The third-order valence-corrected chi connectivity index (χ3v) is 4.57. The molecule has 2 unspecified atom stereocenters. The minimum Gasteiger partial charge on any atom is -0.381 e. The van der Waals surface area contributed by atoms with Gasteiger partial charge in [-0.25, -0.2) is 0 Å². The minimum atomic E-state index is 0.282. The monoisotopic (exact) mass is 284 g/mol. The quantitative estimate of drug-likeness (QED) is 0.772. The fourth-order valence-electron chi connectivity index (χ4n) is 3.38. The van der Waals surface area contributed by atoms with E-state index in [1.54, 1.807) is 0 Å². The molecule has 1 N–H and O–H groups in total. The van der Waals surface area contributed by atoms with E-state index in [9.17, 15) is 0 Å². The van der Waals surface area contributed by atoms with Gasteiger partial charge in [-0.05, 0) is 38.8 Å². The van der Waals surface area contributed by atoms with Gasteiger partial charge in [0.1, 0.15) is 0 Å². The smallest absolute Gasteiger partial charge is 0.0622 e. The highest BCUT2D eigenvalue weighted by atomic mass is 16.5. The molecule has 0 aliphatic carbocycles. The van der Waals surface area contributed by atoms with Crippen molar-refractivity contribution in [3.05, 3.63) is 0 Å². The standard InChI is InChI=1S/C16H32N2O2/c1-14(2)9-17-11-16(6-4-7-20-13-16)12-18(3)15-5-8-19-10-15/h14-15,17H,4-13H2,1-3H3. The summed E-state index contributed by atoms with van der Waals surface area (Å²) in [4.78, 5) is 2.50. The molecular formula is C16H32N2O2. The van der Waals surface area contributed by atoms with Crippen LogP contribution in [0.15, 0.2) is 0 Å². The van der Waals surface area contributed by atoms with Gasteiger partial charge in [0.25, 0.3) is 0 Å². The van der Waals surface area contributed by atoms with Crippen molar-refractivity contribution in [2.24, 2.45) is 11.3 Å². The lowest BCUT2D eigenvalue weighted by atomic mass is 9.81. The van der Waals surface area contributed by atoms with Crippen LogP contribution in [-0.2, 0) is 9.47 Å². The Hall–Kier alpha value is -0.160. The van der Waals surface area contributed by atoms with Crippen molar-refractivity contribution in [3.63, 3.8) is 0 Å². The van der Waals surface area contributed by atoms with E-state index >= 15 is 0 Å². The van der Waals surface area contributed by atoms with Gasteiger partial charge in [0.2, 0.25) is 0 Å². The van der Waals surface area contributed by atoms with Crippen molar-refractivity contribution in [1.29, 1.82) is 0 Å². The number of likely N-dealkylation sites (N-methyl/N-ethyl adjacent to an activating group) is 1. The van der Waals surface area contributed by atoms with Crippen LogP contribution in [0, 0.1) is 11.3 Å². The van der Waals surface area contributed by atoms with E-state index in [0.29, 0.717) is 12.0 Å². The molecule has 2 aliphatic rings. The van der Waals surface area contributed by atoms with E-state index in [4.69, 9.17) is 9.47 Å². The highest BCUT2D eigenvalue weighted by Gasteiger charge is 2.35. The summed E-state index contributed by atoms with van der Waals surface area (Å²) in [7, 11) is 2.25. The van der Waals surface area contributed by atoms with Crippen molar-refractivity contribution < 1.29 is 9.47 Å². The summed E-state index contributed by atoms with van der Waals surface area (Å²) < 4.78 is 11.3. The molecular weight excluding hydrogens is 252 g/mol. The second-order valence-electron chi connectivity index (χ2n) is 7.11. The minimum absolute atomic E-state index is 0.282. The van der Waals surface area contributed by atoms with Crippen LogP contribution < -0.4 is 5.32 Å². The molecule has 2 fully saturated rings. The molecule has 0 aromatic carbocycles. The van der Waals surface area contributed by atoms with Crippen molar-refractivity contribution in [2.75, 3.05) is 53.1 Å². The zero-order chi connectivity index (χ0) is 14.4. The van der Waals surface area contributed by atoms with E-state index in [-0.39, 0.29) is 5.41 Å². The van der Waals surface area contributed by atoms with Crippen LogP contribution >= 0.6 is 0 Å². The fraction of sp³-hybridized carbons (Fsp3) is 1.00. The zero-order valence-electron chi connectivity index (χ0n) is 13.5. The first-order valence-corrected chi connectivity index (χ1v) is 8.18. The lowest BCUT2D eigenvalue weighted by molar-refractivity contribution is -0.0289. The summed E-state index contributed by atoms with van der Waals surface area (Å²) in [6, 6.07) is 0.596. The Kier molecular flexibility index (Phi) is 6.27. The maximum atomic E-state index is 5.81. The maximum Gasteiger partial charge on any atom is 0.0622 e. The molecule has 2 heterocycles. The Bertz CT molecular complexity index is 272. The predicted molar refractivity (Wildman–Crippen MR) is 82.0 cm³/mol. The molecule has 118 valence electrons. The number of rotatable bonds is 7. The lowest BCUT2D eigenvalue weighted by Gasteiger charge is -2.41. The molecule has 20 heavy (non-hydrogen) atoms. The molecule has 4 nitrogen and oxygen atoms in total. The van der Waals surface area contributed by atoms with Crippen LogP contribution in [0.5, 0.6) is 0 Å². The van der Waals surface area contributed by atoms with Crippen molar-refractivity contribution in [1.82, 2.24) is 10.2 Å². The Morgan fingerprint density at radius 2 is 2.15 bits per heavy atom. The summed E-state index contributed by atoms with van der Waals surface area (Å²) in [6.45, 7) is 11.5. The Morgan fingerprint density at radius 3 is 2.75 bits per heavy atom. The van der Waals surface area contributed by atoms with E-state index < -0.39 is 0 Å². The maximum absolute atomic E-state index is 5.81. The second kappa shape index (κ2) is 7.74. The van der Waals surface area contributed by atoms with Gasteiger partial charge in [-0.1, -0.05) is 13.8 Å². The predicted octanol–water partition coefficient (Wildman–Crippen LogP) is 1.75. The second-order valence-corrected chi connectivity index (χ2v) is 7.11. The molecule has 0 radical (unpaired) electrons. The van der Waals surface area contributed by atoms with Gasteiger partial charge in [-0.3, -0.25) is 0 Å². The van der Waals surface area contributed by atoms with Crippen LogP contribution in [0.25, 0.3) is 0 Å². The van der Waals surface area contributed by atoms with Crippen molar-refractivity contribution in [3.8, 4) is 0 Å². The zero-order valence-corrected chi connectivity index (χ0v) is 13.5. The van der Waals surface area contributed by atoms with Crippen molar-refractivity contribution >= 4 is 0 Å². The molecule has 0 spiro atoms. The summed E-state index contributed by atoms with van der Waals surface area (Å²) >= 11 is 0. The molecule has 2 aliphatic heterocycles. The van der Waals surface area contributed by atoms with Crippen LogP contribution in [0.1, 0.15) is 33.1 Å². The molecule has 0 aromatic heterocycles. The van der Waals surface area contributed by atoms with E-state index in [2.05, 4.69) is 31.1 Å². The molecule has 0 aromatic rings. The first-order valence-electron chi connectivity index (χ1n) is 8.18. The third-order valence-electron chi connectivity index (χ3n) is 4.57. The van der Waals surface area contributed by atoms with Gasteiger partial charge in [-0.2, -0.15) is 0 Å². The van der Waals surface area contributed by atoms with Crippen LogP contribution in [-0.4, -0.2) is 64.1 Å². The number of nitrogens with one attached hydrogen (secondary N) is 1. The number of ether oxygens (including phenoxy) is 2. The highest BCUT2D eigenvalue weighted by Crippen LogP contribution is 2.30. The summed E-state index contributed by atoms with van der Waals surface area (Å²) in [6.07, 6.45) is 3.64. The van der Waals surface area contributed by atoms with Crippen LogP contribution in [0.4, 0.5) is 0 Å². The number of hydrogen-bond acceptors (Lipinski definition) is 4. The average molecular weight is 284 g/mol. The molecule has 4 heteroatoms. The highest BCUT2D eigenvalue weighted by molar-refractivity contribution is 4.89. The molecule has 0 saturated carbocycles. The van der Waals surface area contributed by atoms with Crippen LogP contribution in [0.2, 0.25) is 0 Å². The lowest BCUT2D eigenvalue weighted by Crippen LogP contribution is -2.50. The van der Waals surface area contributed by atoms with Gasteiger partial charge >= 0.3 is 0 Å². The molecule has 0 bridgehead atoms. The molecule has 2 rings (SSSR count). The third kappa shape index (κ3) is 4.69. The Balaban J connectivity index is 1.87. The number of nitrogens with zero attached hydrogens (tertiary/aromatic N) is 1. The van der Waals surface area contributed by atoms with Gasteiger partial charge in [0.05, 0.1) is 13.2 Å². The summed E-state index contributed by atoms with van der Waals surface area (Å²) in [5, 5.41) is 3.65. The van der Waals surface area contributed by atoms with Gasteiger partial charge in [0, 0.05) is 37.8 Å². The SMILES string of the molecule is CC(C)CNCC1(CN(C)C2CCOC2)CCCOC1. The Labute approximate surface area is 124 Å². The summed E-state index contributed by atoms with van der Waals surface area (Å²) in [5.41, 5.74) is 0.282. The number of hydrogen-bond donors (Lipinski definition) is 1. The topological polar surface area (TPSA) is 33.7 Å². The average Bonchev–Trinajstić information content (AvgIpc) is 2.93. The van der Waals surface area contributed by atoms with Gasteiger partial charge < -0.3 is 19.7 Å². The Morgan fingerprint density at radius 1 is 1.30 bits per heavy atom. The van der Waals surface area contributed by atoms with E-state index in [1.807, 2.05) is 0 Å². The van der Waals surface area contributed by atoms with Gasteiger partial charge in [-0.15, -0.1) is 0 Å². The van der Waals surface area contributed by atoms with Crippen molar-refractivity contribution in [2.45, 2.75) is 39.2 Å². The molecule has 2 saturated heterocycles. The summed E-state index contributed by atoms with van der Waals surface area (Å²) in [5.74, 6) is 0.706.